The number of rotatable bonds is 10. The molecule has 0 bridgehead atoms. The van der Waals surface area contributed by atoms with Crippen molar-refractivity contribution in [2.75, 3.05) is 23.7 Å². The molecule has 0 aliphatic heterocycles. The van der Waals surface area contributed by atoms with Crippen molar-refractivity contribution in [3.8, 4) is 11.5 Å². The van der Waals surface area contributed by atoms with Crippen molar-refractivity contribution in [2.24, 2.45) is 0 Å². The maximum absolute atomic E-state index is 13.4. The molecule has 0 fully saturated rings. The molecule has 13 heteroatoms. The van der Waals surface area contributed by atoms with Crippen LogP contribution in [0.5, 0.6) is 11.5 Å². The third kappa shape index (κ3) is 6.33. The fraction of sp³-hybridized carbons (Fsp3) is 0.0769. The second kappa shape index (κ2) is 11.0. The lowest BCUT2D eigenvalue weighted by Gasteiger charge is -2.12. The summed E-state index contributed by atoms with van der Waals surface area (Å²) in [4.78, 5) is -1.22. The zero-order valence-electron chi connectivity index (χ0n) is 20.7. The lowest BCUT2D eigenvalue weighted by atomic mass is 10.3. The van der Waals surface area contributed by atoms with Crippen molar-refractivity contribution in [1.82, 2.24) is 0 Å². The summed E-state index contributed by atoms with van der Waals surface area (Å²) in [6, 6.07) is 21.9. The molecule has 4 aromatic rings. The predicted octanol–water partition coefficient (Wildman–Crippen LogP) is 4.14. The number of ether oxygens (including phenoxy) is 2. The summed E-state index contributed by atoms with van der Waals surface area (Å²) in [5.41, 5.74) is 0.512. The van der Waals surface area contributed by atoms with Crippen LogP contribution in [-0.4, -0.2) is 39.5 Å². The van der Waals surface area contributed by atoms with Crippen molar-refractivity contribution in [2.45, 2.75) is 19.6 Å². The standard InChI is InChI=1S/C26H24N2O8S3/c1-35-21-13-9-19(10-14-21)27-38(31,32)25-7-3-5-23(17-25)37(29,30)24-6-4-8-26(18-24)39(33,34)28-20-11-15-22(36-2)16-12-20/h3-18,27-28H,1-2H3. The Hall–Kier alpha value is -4.07. The van der Waals surface area contributed by atoms with Gasteiger partial charge in [-0.15, -0.1) is 0 Å². The lowest BCUT2D eigenvalue weighted by molar-refractivity contribution is 0.415. The molecule has 4 aromatic carbocycles. The molecule has 0 saturated carbocycles. The monoisotopic (exact) mass is 588 g/mol. The maximum Gasteiger partial charge on any atom is 0.261 e. The third-order valence-electron chi connectivity index (χ3n) is 5.54. The number of anilines is 2. The van der Waals surface area contributed by atoms with E-state index in [0.29, 0.717) is 11.5 Å². The molecule has 0 aliphatic carbocycles. The van der Waals surface area contributed by atoms with Gasteiger partial charge in [0.1, 0.15) is 11.5 Å². The smallest absolute Gasteiger partial charge is 0.261 e. The number of hydrogen-bond donors (Lipinski definition) is 2. The van der Waals surface area contributed by atoms with E-state index in [1.165, 1.54) is 74.9 Å². The molecule has 0 spiro atoms. The van der Waals surface area contributed by atoms with Crippen LogP contribution < -0.4 is 18.9 Å². The number of sulfone groups is 1. The van der Waals surface area contributed by atoms with Gasteiger partial charge in [-0.25, -0.2) is 25.3 Å². The maximum atomic E-state index is 13.4. The Bertz CT molecular complexity index is 1670. The Morgan fingerprint density at radius 3 is 1.15 bits per heavy atom. The normalized spacial score (nSPS) is 11.9. The summed E-state index contributed by atoms with van der Waals surface area (Å²) in [5.74, 6) is 1.07. The van der Waals surface area contributed by atoms with Gasteiger partial charge in [0, 0.05) is 11.4 Å². The van der Waals surface area contributed by atoms with Gasteiger partial charge in [0.25, 0.3) is 20.0 Å². The van der Waals surface area contributed by atoms with Gasteiger partial charge >= 0.3 is 0 Å². The van der Waals surface area contributed by atoms with Crippen LogP contribution in [0.25, 0.3) is 0 Å². The fourth-order valence-corrected chi connectivity index (χ4v) is 7.21. The van der Waals surface area contributed by atoms with E-state index in [-0.39, 0.29) is 31.0 Å². The van der Waals surface area contributed by atoms with E-state index in [0.717, 1.165) is 12.1 Å². The van der Waals surface area contributed by atoms with Crippen molar-refractivity contribution in [1.29, 1.82) is 0 Å². The number of benzene rings is 4. The zero-order chi connectivity index (χ0) is 28.3. The molecular weight excluding hydrogens is 564 g/mol. The second-order valence-electron chi connectivity index (χ2n) is 8.12. The molecule has 10 nitrogen and oxygen atoms in total. The minimum Gasteiger partial charge on any atom is -0.497 e. The summed E-state index contributed by atoms with van der Waals surface area (Å²) in [5, 5.41) is 0. The molecule has 2 N–H and O–H groups in total. The zero-order valence-corrected chi connectivity index (χ0v) is 23.2. The largest absolute Gasteiger partial charge is 0.497 e. The second-order valence-corrected chi connectivity index (χ2v) is 13.4. The molecule has 204 valence electrons. The summed E-state index contributed by atoms with van der Waals surface area (Å²) >= 11 is 0. The minimum absolute atomic E-state index is 0.256. The topological polar surface area (TPSA) is 145 Å². The quantitative estimate of drug-likeness (QED) is 0.281. The first-order valence-corrected chi connectivity index (χ1v) is 15.7. The van der Waals surface area contributed by atoms with E-state index >= 15 is 0 Å². The highest BCUT2D eigenvalue weighted by Crippen LogP contribution is 2.27. The van der Waals surface area contributed by atoms with Crippen LogP contribution in [0.4, 0.5) is 11.4 Å². The van der Waals surface area contributed by atoms with E-state index < -0.39 is 29.9 Å². The van der Waals surface area contributed by atoms with Crippen LogP contribution in [0.1, 0.15) is 0 Å². The SMILES string of the molecule is COc1ccc(NS(=O)(=O)c2cccc(S(=O)(=O)c3cccc(S(=O)(=O)Nc4ccc(OC)cc4)c3)c2)cc1. The highest BCUT2D eigenvalue weighted by atomic mass is 32.2. The molecule has 0 amide bonds. The molecule has 0 heterocycles. The lowest BCUT2D eigenvalue weighted by Crippen LogP contribution is -2.15. The van der Waals surface area contributed by atoms with Gasteiger partial charge in [-0.2, -0.15) is 0 Å². The fourth-order valence-electron chi connectivity index (χ4n) is 3.50. The number of methoxy groups -OCH3 is 2. The van der Waals surface area contributed by atoms with Gasteiger partial charge in [0.05, 0.1) is 33.8 Å². The summed E-state index contributed by atoms with van der Waals surface area (Å²) in [6.07, 6.45) is 0. The van der Waals surface area contributed by atoms with Gasteiger partial charge in [0.15, 0.2) is 0 Å². The van der Waals surface area contributed by atoms with E-state index in [2.05, 4.69) is 9.44 Å². The van der Waals surface area contributed by atoms with Gasteiger partial charge in [-0.05, 0) is 84.9 Å². The van der Waals surface area contributed by atoms with E-state index in [1.807, 2.05) is 0 Å². The number of sulfonamides is 2. The Balaban J connectivity index is 1.62. The van der Waals surface area contributed by atoms with Gasteiger partial charge in [0.2, 0.25) is 9.84 Å². The molecule has 0 aliphatic rings. The first kappa shape index (κ1) is 28.0. The van der Waals surface area contributed by atoms with Crippen molar-refractivity contribution in [3.63, 3.8) is 0 Å². The molecule has 0 unspecified atom stereocenters. The molecule has 4 rings (SSSR count). The first-order valence-electron chi connectivity index (χ1n) is 11.2. The first-order chi connectivity index (χ1) is 18.4. The van der Waals surface area contributed by atoms with E-state index in [4.69, 9.17) is 9.47 Å². The van der Waals surface area contributed by atoms with Crippen LogP contribution in [0, 0.1) is 0 Å². The van der Waals surface area contributed by atoms with Gasteiger partial charge in [-0.1, -0.05) is 12.1 Å². The Morgan fingerprint density at radius 2 is 0.821 bits per heavy atom. The Labute approximate surface area is 227 Å². The summed E-state index contributed by atoms with van der Waals surface area (Å²) < 4.78 is 93.4. The number of hydrogen-bond acceptors (Lipinski definition) is 8. The van der Waals surface area contributed by atoms with E-state index in [9.17, 15) is 25.3 Å². The van der Waals surface area contributed by atoms with Crippen molar-refractivity contribution < 1.29 is 34.7 Å². The minimum atomic E-state index is -4.29. The third-order valence-corrected chi connectivity index (χ3v) is 10.0. The molecule has 0 radical (unpaired) electrons. The van der Waals surface area contributed by atoms with Gasteiger partial charge in [-0.3, -0.25) is 9.44 Å². The number of nitrogens with one attached hydrogen (secondary N) is 2. The van der Waals surface area contributed by atoms with Gasteiger partial charge < -0.3 is 9.47 Å². The van der Waals surface area contributed by atoms with Crippen molar-refractivity contribution in [3.05, 3.63) is 97.1 Å². The molecular formula is C26H24N2O8S3. The van der Waals surface area contributed by atoms with Crippen LogP contribution in [0.15, 0.2) is 117 Å². The van der Waals surface area contributed by atoms with Crippen LogP contribution in [-0.2, 0) is 29.9 Å². The molecule has 0 aromatic heterocycles. The van der Waals surface area contributed by atoms with Crippen LogP contribution >= 0.6 is 0 Å². The highest BCUT2D eigenvalue weighted by molar-refractivity contribution is 7.93. The van der Waals surface area contributed by atoms with E-state index in [1.54, 1.807) is 24.3 Å². The molecule has 0 atom stereocenters. The Kier molecular flexibility index (Phi) is 7.86. The Morgan fingerprint density at radius 1 is 0.487 bits per heavy atom. The summed E-state index contributed by atoms with van der Waals surface area (Å²) in [6.45, 7) is 0. The van der Waals surface area contributed by atoms with Crippen LogP contribution in [0.3, 0.4) is 0 Å². The van der Waals surface area contributed by atoms with Crippen molar-refractivity contribution >= 4 is 41.3 Å². The van der Waals surface area contributed by atoms with Crippen LogP contribution in [0.2, 0.25) is 0 Å². The predicted molar refractivity (Wildman–Crippen MR) is 146 cm³/mol. The summed E-state index contributed by atoms with van der Waals surface area (Å²) in [7, 11) is -9.60. The molecule has 39 heavy (non-hydrogen) atoms. The highest BCUT2D eigenvalue weighted by Gasteiger charge is 2.24. The average molecular weight is 589 g/mol. The molecule has 0 saturated heterocycles. The average Bonchev–Trinajstić information content (AvgIpc) is 2.93.